The molecule has 0 amide bonds. The van der Waals surface area contributed by atoms with Crippen LogP contribution in [-0.4, -0.2) is 61.4 Å². The van der Waals surface area contributed by atoms with E-state index >= 15 is 0 Å². The Balaban J connectivity index is 0.959. The molecule has 0 spiro atoms. The summed E-state index contributed by atoms with van der Waals surface area (Å²) in [7, 11) is 1.37. The fourth-order valence-corrected chi connectivity index (χ4v) is 9.06. The van der Waals surface area contributed by atoms with Crippen LogP contribution in [0.1, 0.15) is 82.6 Å². The monoisotopic (exact) mass is 929 g/mol. The van der Waals surface area contributed by atoms with Crippen molar-refractivity contribution < 1.29 is 52.4 Å². The third kappa shape index (κ3) is 13.6. The normalized spacial score (nSPS) is 18.1. The summed E-state index contributed by atoms with van der Waals surface area (Å²) in [6, 6.07) is 29.1. The highest BCUT2D eigenvalue weighted by atomic mass is 32.1. The van der Waals surface area contributed by atoms with E-state index in [1.54, 1.807) is 53.7 Å². The predicted octanol–water partition coefficient (Wildman–Crippen LogP) is 10.3. The fraction of sp³-hybridized carbons (Fsp3) is 0.365. The van der Waals surface area contributed by atoms with Gasteiger partial charge in [-0.05, 0) is 144 Å². The van der Waals surface area contributed by atoms with E-state index in [9.17, 15) is 24.0 Å². The Morgan fingerprint density at radius 1 is 0.657 bits per heavy atom. The molecule has 14 nitrogen and oxygen atoms in total. The highest BCUT2D eigenvalue weighted by Crippen LogP contribution is 2.36. The van der Waals surface area contributed by atoms with Crippen molar-refractivity contribution in [3.63, 3.8) is 0 Å². The standard InChI is InChI=1S/C52H55N3O11S/c1-3-47(56)63-32-12-5-4-11-31-62-41-25-27-42(28-26-41)64-49(58)36-21-23-37(24-22-36)50(59)65-43-29-30-45(66-51(60)38-19-17-35(18-20-38)48(57)61-2)39(33-43)34-53-55(40-13-7-6-8-14-40)52-54-44-15-9-10-16-46(44)67-52/h3,6-10,13-16,25-30,33-38H,1,4-5,11-12,17-24,31-32H2,2H3/b53-34+/t35-,36-,37-,38-. The lowest BCUT2D eigenvalue weighted by Gasteiger charge is -2.26. The van der Waals surface area contributed by atoms with Gasteiger partial charge < -0.3 is 28.4 Å². The molecule has 2 saturated carbocycles. The number of thiazole rings is 1. The van der Waals surface area contributed by atoms with Gasteiger partial charge in [-0.2, -0.15) is 5.10 Å². The van der Waals surface area contributed by atoms with E-state index in [2.05, 4.69) is 6.58 Å². The van der Waals surface area contributed by atoms with Crippen LogP contribution in [0, 0.1) is 23.7 Å². The SMILES string of the molecule is C=CC(=O)OCCCCCCOc1ccc(OC(=O)[C@H]2CC[C@H](C(=O)Oc3ccc(OC(=O)[C@H]4CC[C@H](C(=O)OC)CC4)c(/C=N/N(c4ccccc4)c4nc5ccccc5s4)c3)CC2)cc1. The van der Waals surface area contributed by atoms with Crippen LogP contribution in [-0.2, 0) is 33.4 Å². The van der Waals surface area contributed by atoms with Crippen molar-refractivity contribution in [3.8, 4) is 23.0 Å². The molecule has 0 atom stereocenters. The Morgan fingerprint density at radius 3 is 1.84 bits per heavy atom. The summed E-state index contributed by atoms with van der Waals surface area (Å²) in [6.07, 6.45) is 10.1. The first kappa shape index (κ1) is 48.1. The number of unbranched alkanes of at least 4 members (excludes halogenated alkanes) is 3. The number of ether oxygens (including phenoxy) is 6. The van der Waals surface area contributed by atoms with Crippen LogP contribution in [0.25, 0.3) is 10.2 Å². The first-order chi connectivity index (χ1) is 32.7. The van der Waals surface area contributed by atoms with E-state index in [1.807, 2.05) is 54.6 Å². The van der Waals surface area contributed by atoms with Crippen molar-refractivity contribution >= 4 is 68.4 Å². The van der Waals surface area contributed by atoms with Gasteiger partial charge in [-0.3, -0.25) is 19.2 Å². The van der Waals surface area contributed by atoms with Gasteiger partial charge in [-0.1, -0.05) is 48.2 Å². The van der Waals surface area contributed by atoms with Crippen LogP contribution in [0.15, 0.2) is 115 Å². The molecule has 15 heteroatoms. The molecule has 0 saturated heterocycles. The number of anilines is 2. The summed E-state index contributed by atoms with van der Waals surface area (Å²) in [5.41, 5.74) is 1.98. The van der Waals surface area contributed by atoms with Crippen LogP contribution in [0.2, 0.25) is 0 Å². The number of aromatic nitrogens is 1. The number of hydrazone groups is 1. The Kier molecular flexibility index (Phi) is 17.3. The maximum atomic E-state index is 13.6. The molecular formula is C52H55N3O11S. The molecule has 0 aliphatic heterocycles. The van der Waals surface area contributed by atoms with Gasteiger partial charge in [0.1, 0.15) is 23.0 Å². The predicted molar refractivity (Wildman–Crippen MR) is 254 cm³/mol. The lowest BCUT2D eigenvalue weighted by molar-refractivity contribution is -0.149. The number of methoxy groups -OCH3 is 1. The van der Waals surface area contributed by atoms with Crippen molar-refractivity contribution in [1.82, 2.24) is 4.98 Å². The number of hydrogen-bond donors (Lipinski definition) is 0. The minimum Gasteiger partial charge on any atom is -0.494 e. The number of carbonyl (C=O) groups excluding carboxylic acids is 5. The smallest absolute Gasteiger partial charge is 0.330 e. The second kappa shape index (κ2) is 24.1. The maximum absolute atomic E-state index is 13.6. The molecule has 0 unspecified atom stereocenters. The Morgan fingerprint density at radius 2 is 1.21 bits per heavy atom. The maximum Gasteiger partial charge on any atom is 0.330 e. The largest absolute Gasteiger partial charge is 0.494 e. The van der Waals surface area contributed by atoms with Gasteiger partial charge in [0.15, 0.2) is 0 Å². The van der Waals surface area contributed by atoms with Crippen molar-refractivity contribution in [1.29, 1.82) is 0 Å². The van der Waals surface area contributed by atoms with E-state index in [-0.39, 0.29) is 35.3 Å². The van der Waals surface area contributed by atoms with E-state index < -0.39 is 29.7 Å². The summed E-state index contributed by atoms with van der Waals surface area (Å²) in [5, 5.41) is 7.19. The van der Waals surface area contributed by atoms with Crippen molar-refractivity contribution in [2.45, 2.75) is 77.0 Å². The lowest BCUT2D eigenvalue weighted by atomic mass is 9.82. The zero-order valence-corrected chi connectivity index (χ0v) is 38.4. The van der Waals surface area contributed by atoms with Crippen LogP contribution >= 0.6 is 11.3 Å². The topological polar surface area (TPSA) is 169 Å². The molecule has 2 aliphatic carbocycles. The lowest BCUT2D eigenvalue weighted by Crippen LogP contribution is -2.30. The number of fused-ring (bicyclic) bond motifs is 1. The van der Waals surface area contributed by atoms with E-state index in [0.717, 1.165) is 47.7 Å². The van der Waals surface area contributed by atoms with Crippen LogP contribution in [0.3, 0.4) is 0 Å². The van der Waals surface area contributed by atoms with Crippen molar-refractivity contribution in [2.75, 3.05) is 25.3 Å². The molecule has 350 valence electrons. The number of para-hydroxylation sites is 2. The second-order valence-corrected chi connectivity index (χ2v) is 17.6. The minimum atomic E-state index is -0.433. The molecule has 0 N–H and O–H groups in total. The molecule has 4 aromatic carbocycles. The summed E-state index contributed by atoms with van der Waals surface area (Å²) in [5.74, 6) is -1.75. The second-order valence-electron chi connectivity index (χ2n) is 16.5. The zero-order valence-electron chi connectivity index (χ0n) is 37.5. The molecule has 1 heterocycles. The first-order valence-corrected chi connectivity index (χ1v) is 23.6. The third-order valence-corrected chi connectivity index (χ3v) is 12.9. The molecule has 7 rings (SSSR count). The van der Waals surface area contributed by atoms with Gasteiger partial charge in [-0.15, -0.1) is 0 Å². The summed E-state index contributed by atoms with van der Waals surface area (Å²) in [6.45, 7) is 4.30. The molecule has 0 radical (unpaired) electrons. The van der Waals surface area contributed by atoms with Crippen LogP contribution < -0.4 is 24.0 Å². The Hall–Kier alpha value is -6.87. The first-order valence-electron chi connectivity index (χ1n) is 22.8. The summed E-state index contributed by atoms with van der Waals surface area (Å²) >= 11 is 1.48. The summed E-state index contributed by atoms with van der Waals surface area (Å²) in [4.78, 5) is 68.4. The van der Waals surface area contributed by atoms with Gasteiger partial charge in [0.2, 0.25) is 5.13 Å². The Labute approximate surface area is 393 Å². The molecule has 1 aromatic heterocycles. The van der Waals surface area contributed by atoms with Gasteiger partial charge in [0.25, 0.3) is 0 Å². The van der Waals surface area contributed by atoms with E-state index in [4.69, 9.17) is 38.5 Å². The van der Waals surface area contributed by atoms with Gasteiger partial charge >= 0.3 is 29.8 Å². The number of carbonyl (C=O) groups is 5. The summed E-state index contributed by atoms with van der Waals surface area (Å²) < 4.78 is 34.4. The third-order valence-electron chi connectivity index (χ3n) is 11.9. The van der Waals surface area contributed by atoms with Crippen LogP contribution in [0.5, 0.6) is 23.0 Å². The molecule has 2 fully saturated rings. The van der Waals surface area contributed by atoms with Gasteiger partial charge in [-0.25, -0.2) is 14.8 Å². The van der Waals surface area contributed by atoms with Gasteiger partial charge in [0, 0.05) is 11.6 Å². The zero-order chi connectivity index (χ0) is 47.0. The Bertz CT molecular complexity index is 2480. The molecular weight excluding hydrogens is 875 g/mol. The number of rotatable bonds is 20. The number of nitrogens with zero attached hydrogens (tertiary/aromatic N) is 3. The number of benzene rings is 4. The average molecular weight is 930 g/mol. The molecule has 2 aliphatic rings. The highest BCUT2D eigenvalue weighted by Gasteiger charge is 2.34. The van der Waals surface area contributed by atoms with E-state index in [1.165, 1.54) is 18.4 Å². The van der Waals surface area contributed by atoms with Crippen molar-refractivity contribution in [3.05, 3.63) is 115 Å². The quantitative estimate of drug-likeness (QED) is 0.0181. The van der Waals surface area contributed by atoms with E-state index in [0.29, 0.717) is 86.8 Å². The number of esters is 5. The van der Waals surface area contributed by atoms with Gasteiger partial charge in [0.05, 0.1) is 66.1 Å². The van der Waals surface area contributed by atoms with Crippen molar-refractivity contribution in [2.24, 2.45) is 28.8 Å². The molecule has 5 aromatic rings. The minimum absolute atomic E-state index is 0.233. The average Bonchev–Trinajstić information content (AvgIpc) is 3.80. The molecule has 67 heavy (non-hydrogen) atoms. The fourth-order valence-electron chi connectivity index (χ4n) is 8.12. The molecule has 0 bridgehead atoms. The van der Waals surface area contributed by atoms with Crippen LogP contribution in [0.4, 0.5) is 10.8 Å². The highest BCUT2D eigenvalue weighted by molar-refractivity contribution is 7.22. The number of hydrogen-bond acceptors (Lipinski definition) is 15.